The van der Waals surface area contributed by atoms with Crippen molar-refractivity contribution in [2.75, 3.05) is 0 Å². The predicted molar refractivity (Wildman–Crippen MR) is 163 cm³/mol. The highest BCUT2D eigenvalue weighted by Gasteiger charge is 2.28. The van der Waals surface area contributed by atoms with Gasteiger partial charge in [-0.3, -0.25) is 4.79 Å². The molecule has 0 fully saturated rings. The zero-order valence-electron chi connectivity index (χ0n) is 21.6. The minimum absolute atomic E-state index is 0.247. The van der Waals surface area contributed by atoms with Crippen LogP contribution in [0.15, 0.2) is 77.8 Å². The van der Waals surface area contributed by atoms with Crippen LogP contribution in [0.5, 0.6) is 0 Å². The molecular formula is C32H28Cl3N3O. The summed E-state index contributed by atoms with van der Waals surface area (Å²) in [5, 5.41) is 6.54. The summed E-state index contributed by atoms with van der Waals surface area (Å²) >= 11 is 19.1. The van der Waals surface area contributed by atoms with Crippen molar-refractivity contribution < 1.29 is 4.79 Å². The van der Waals surface area contributed by atoms with E-state index in [9.17, 15) is 4.79 Å². The van der Waals surface area contributed by atoms with Crippen molar-refractivity contribution in [3.8, 4) is 5.69 Å². The molecule has 198 valence electrons. The number of benzene rings is 3. The number of rotatable bonds is 6. The van der Waals surface area contributed by atoms with Crippen LogP contribution in [0.3, 0.4) is 0 Å². The Bertz CT molecular complexity index is 1540. The molecule has 0 bridgehead atoms. The number of halogens is 3. The van der Waals surface area contributed by atoms with Gasteiger partial charge in [-0.1, -0.05) is 84.2 Å². The molecular weight excluding hydrogens is 549 g/mol. The lowest BCUT2D eigenvalue weighted by molar-refractivity contribution is 0.0997. The first kappa shape index (κ1) is 27.4. The number of hydrogen-bond donors (Lipinski definition) is 0. The molecule has 1 aromatic heterocycles. The normalized spacial score (nSPS) is 15.3. The highest BCUT2D eigenvalue weighted by Crippen LogP contribution is 2.37. The van der Waals surface area contributed by atoms with Crippen molar-refractivity contribution in [2.24, 2.45) is 4.99 Å². The van der Waals surface area contributed by atoms with Crippen molar-refractivity contribution in [3.05, 3.63) is 116 Å². The average Bonchev–Trinajstić information content (AvgIpc) is 3.20. The Labute approximate surface area is 243 Å². The molecule has 0 spiro atoms. The summed E-state index contributed by atoms with van der Waals surface area (Å²) in [7, 11) is 0. The first-order chi connectivity index (χ1) is 18.9. The molecule has 39 heavy (non-hydrogen) atoms. The molecule has 4 nitrogen and oxygen atoms in total. The van der Waals surface area contributed by atoms with E-state index in [0.29, 0.717) is 32.9 Å². The lowest BCUT2D eigenvalue weighted by atomic mass is 9.99. The molecule has 0 radical (unpaired) electrons. The van der Waals surface area contributed by atoms with Crippen LogP contribution in [0, 0.1) is 0 Å². The van der Waals surface area contributed by atoms with E-state index in [0.717, 1.165) is 48.1 Å². The third-order valence-corrected chi connectivity index (χ3v) is 7.80. The smallest absolute Gasteiger partial charge is 0.265 e. The molecule has 0 saturated heterocycles. The molecule has 1 atom stereocenters. The second-order valence-electron chi connectivity index (χ2n) is 9.78. The SMILES string of the molecule is C[C@H](CC=NC(=O)c1nn(-c2cc(Cl)ccc2Cl)c2c1CCCC/C2=C\c1ccc(Cl)cc1)c1ccccc1. The average molecular weight is 577 g/mol. The Kier molecular flexibility index (Phi) is 8.66. The molecule has 0 aliphatic heterocycles. The topological polar surface area (TPSA) is 47.2 Å². The Balaban J connectivity index is 1.57. The molecule has 0 saturated carbocycles. The fourth-order valence-electron chi connectivity index (χ4n) is 4.92. The number of carbonyl (C=O) groups is 1. The predicted octanol–water partition coefficient (Wildman–Crippen LogP) is 9.50. The number of allylic oxidation sites excluding steroid dienone is 1. The van der Waals surface area contributed by atoms with Gasteiger partial charge in [-0.05, 0) is 91.1 Å². The summed E-state index contributed by atoms with van der Waals surface area (Å²) in [6, 6.07) is 23.2. The second-order valence-corrected chi connectivity index (χ2v) is 11.1. The third-order valence-electron chi connectivity index (χ3n) is 7.00. The molecule has 1 aliphatic rings. The summed E-state index contributed by atoms with van der Waals surface area (Å²) in [6.45, 7) is 2.13. The van der Waals surface area contributed by atoms with Gasteiger partial charge in [0.1, 0.15) is 0 Å². The first-order valence-electron chi connectivity index (χ1n) is 13.1. The van der Waals surface area contributed by atoms with Gasteiger partial charge in [0.15, 0.2) is 5.69 Å². The van der Waals surface area contributed by atoms with E-state index in [4.69, 9.17) is 39.9 Å². The van der Waals surface area contributed by atoms with E-state index in [1.807, 2.05) is 42.5 Å². The molecule has 4 aromatic rings. The lowest BCUT2D eigenvalue weighted by Gasteiger charge is -2.13. The molecule has 1 aliphatic carbocycles. The van der Waals surface area contributed by atoms with Crippen LogP contribution in [-0.4, -0.2) is 21.9 Å². The van der Waals surface area contributed by atoms with Gasteiger partial charge in [0.2, 0.25) is 0 Å². The largest absolute Gasteiger partial charge is 0.297 e. The zero-order valence-corrected chi connectivity index (χ0v) is 23.8. The Morgan fingerprint density at radius 2 is 1.69 bits per heavy atom. The molecule has 0 unspecified atom stereocenters. The fraction of sp³-hybridized carbons (Fsp3) is 0.219. The van der Waals surface area contributed by atoms with E-state index < -0.39 is 0 Å². The van der Waals surface area contributed by atoms with Gasteiger partial charge >= 0.3 is 0 Å². The quantitative estimate of drug-likeness (QED) is 0.169. The van der Waals surface area contributed by atoms with Gasteiger partial charge < -0.3 is 0 Å². The second kappa shape index (κ2) is 12.3. The number of carbonyl (C=O) groups excluding carboxylic acids is 1. The van der Waals surface area contributed by atoms with Crippen LogP contribution in [0.2, 0.25) is 15.1 Å². The van der Waals surface area contributed by atoms with Gasteiger partial charge in [0.05, 0.1) is 16.4 Å². The number of amides is 1. The van der Waals surface area contributed by atoms with Crippen LogP contribution in [-0.2, 0) is 6.42 Å². The Morgan fingerprint density at radius 1 is 0.974 bits per heavy atom. The van der Waals surface area contributed by atoms with E-state index >= 15 is 0 Å². The summed E-state index contributed by atoms with van der Waals surface area (Å²) < 4.78 is 1.77. The third kappa shape index (κ3) is 6.36. The lowest BCUT2D eigenvalue weighted by Crippen LogP contribution is -2.05. The number of fused-ring (bicyclic) bond motifs is 1. The van der Waals surface area contributed by atoms with Gasteiger partial charge in [-0.15, -0.1) is 0 Å². The molecule has 1 amide bonds. The maximum absolute atomic E-state index is 13.5. The molecule has 7 heteroatoms. The molecule has 1 heterocycles. The first-order valence-corrected chi connectivity index (χ1v) is 14.2. The monoisotopic (exact) mass is 575 g/mol. The molecule has 3 aromatic carbocycles. The van der Waals surface area contributed by atoms with Crippen molar-refractivity contribution in [1.29, 1.82) is 0 Å². The zero-order chi connectivity index (χ0) is 27.4. The van der Waals surface area contributed by atoms with Crippen molar-refractivity contribution >= 4 is 58.6 Å². The van der Waals surface area contributed by atoms with E-state index in [1.165, 1.54) is 5.56 Å². The number of nitrogens with zero attached hydrogens (tertiary/aromatic N) is 3. The number of hydrogen-bond acceptors (Lipinski definition) is 2. The summed E-state index contributed by atoms with van der Waals surface area (Å²) in [4.78, 5) is 17.8. The van der Waals surface area contributed by atoms with Crippen LogP contribution in [0.1, 0.15) is 71.4 Å². The summed E-state index contributed by atoms with van der Waals surface area (Å²) in [5.74, 6) is -0.104. The summed E-state index contributed by atoms with van der Waals surface area (Å²) in [6.07, 6.45) is 7.99. The highest BCUT2D eigenvalue weighted by molar-refractivity contribution is 6.34. The van der Waals surface area contributed by atoms with E-state index in [-0.39, 0.29) is 11.8 Å². The Morgan fingerprint density at radius 3 is 2.46 bits per heavy atom. The van der Waals surface area contributed by atoms with Crippen LogP contribution in [0.4, 0.5) is 0 Å². The van der Waals surface area contributed by atoms with Gasteiger partial charge in [-0.25, -0.2) is 9.67 Å². The minimum Gasteiger partial charge on any atom is -0.265 e. The van der Waals surface area contributed by atoms with Gasteiger partial charge in [0.25, 0.3) is 5.91 Å². The number of aromatic nitrogens is 2. The van der Waals surface area contributed by atoms with Crippen LogP contribution in [0.25, 0.3) is 17.3 Å². The highest BCUT2D eigenvalue weighted by atomic mass is 35.5. The van der Waals surface area contributed by atoms with E-state index in [2.05, 4.69) is 30.1 Å². The van der Waals surface area contributed by atoms with Crippen molar-refractivity contribution in [1.82, 2.24) is 9.78 Å². The maximum Gasteiger partial charge on any atom is 0.297 e. The van der Waals surface area contributed by atoms with Crippen molar-refractivity contribution in [2.45, 2.75) is 44.9 Å². The van der Waals surface area contributed by atoms with Crippen LogP contribution < -0.4 is 0 Å². The van der Waals surface area contributed by atoms with Crippen molar-refractivity contribution in [3.63, 3.8) is 0 Å². The fourth-order valence-corrected chi connectivity index (χ4v) is 5.41. The standard InChI is InChI=1S/C32H28Cl3N3O/c1-21(23-7-3-2-4-8-23)17-18-36-32(39)30-27-10-6-5-9-24(19-22-11-13-25(33)14-12-22)31(27)38(37-30)29-20-26(34)15-16-28(29)35/h2-4,7-8,11-16,18-21H,5-6,9-10,17H2,1H3/b24-19+,36-18?/t21-/m1/s1. The summed E-state index contributed by atoms with van der Waals surface area (Å²) in [5.41, 5.74) is 6.06. The van der Waals surface area contributed by atoms with Gasteiger partial charge in [0, 0.05) is 21.8 Å². The molecule has 0 N–H and O–H groups in total. The van der Waals surface area contributed by atoms with E-state index in [1.54, 1.807) is 29.1 Å². The van der Waals surface area contributed by atoms with Gasteiger partial charge in [-0.2, -0.15) is 5.10 Å². The number of aliphatic imine (C=N–C) groups is 1. The Hall–Kier alpha value is -3.18. The van der Waals surface area contributed by atoms with Crippen LogP contribution >= 0.6 is 34.8 Å². The maximum atomic E-state index is 13.5. The minimum atomic E-state index is -0.351. The molecule has 5 rings (SSSR count).